The maximum atomic E-state index is 13.1. The van der Waals surface area contributed by atoms with Crippen LogP contribution in [0.5, 0.6) is 0 Å². The van der Waals surface area contributed by atoms with Crippen molar-refractivity contribution < 1.29 is 31.1 Å². The van der Waals surface area contributed by atoms with Crippen LogP contribution in [-0.4, -0.2) is 10.5 Å². The van der Waals surface area contributed by atoms with E-state index in [4.69, 9.17) is 0 Å². The van der Waals surface area contributed by atoms with Crippen LogP contribution in [0.2, 0.25) is 0 Å². The van der Waals surface area contributed by atoms with Gasteiger partial charge in [-0.25, -0.2) is 0 Å². The highest BCUT2D eigenvalue weighted by Gasteiger charge is 2.37. The molecule has 1 aromatic heterocycles. The molecule has 0 fully saturated rings. The van der Waals surface area contributed by atoms with Gasteiger partial charge in [0.25, 0.3) is 5.91 Å². The summed E-state index contributed by atoms with van der Waals surface area (Å²) in [4.78, 5) is 13.0. The summed E-state index contributed by atoms with van der Waals surface area (Å²) in [6, 6.07) is 8.26. The molecular formula is C22H20F6N2O. The third-order valence-corrected chi connectivity index (χ3v) is 5.02. The number of carbonyl (C=O) groups is 1. The van der Waals surface area contributed by atoms with Crippen LogP contribution in [0, 0.1) is 6.92 Å². The summed E-state index contributed by atoms with van der Waals surface area (Å²) in [6.07, 6.45) is -8.39. The molecule has 0 saturated carbocycles. The van der Waals surface area contributed by atoms with Crippen LogP contribution in [0.4, 0.5) is 32.0 Å². The van der Waals surface area contributed by atoms with Crippen LogP contribution in [-0.2, 0) is 18.9 Å². The second-order valence-electron chi connectivity index (χ2n) is 7.24. The first-order chi connectivity index (χ1) is 14.4. The molecule has 3 aromatic rings. The monoisotopic (exact) mass is 442 g/mol. The van der Waals surface area contributed by atoms with Gasteiger partial charge in [0.2, 0.25) is 0 Å². The van der Waals surface area contributed by atoms with Gasteiger partial charge >= 0.3 is 12.4 Å². The summed E-state index contributed by atoms with van der Waals surface area (Å²) >= 11 is 0. The van der Waals surface area contributed by atoms with Crippen molar-refractivity contribution in [2.45, 2.75) is 45.6 Å². The highest BCUT2D eigenvalue weighted by molar-refractivity contribution is 6.08. The van der Waals surface area contributed by atoms with E-state index in [1.54, 1.807) is 23.6 Å². The quantitative estimate of drug-likeness (QED) is 0.423. The van der Waals surface area contributed by atoms with Gasteiger partial charge in [-0.15, -0.1) is 0 Å². The number of benzene rings is 2. The van der Waals surface area contributed by atoms with E-state index in [0.29, 0.717) is 24.2 Å². The van der Waals surface area contributed by atoms with Crippen LogP contribution in [0.25, 0.3) is 10.9 Å². The predicted octanol–water partition coefficient (Wildman–Crippen LogP) is 7.04. The topological polar surface area (TPSA) is 34.0 Å². The van der Waals surface area contributed by atoms with Crippen molar-refractivity contribution >= 4 is 22.5 Å². The Hall–Kier alpha value is -2.97. The molecule has 0 unspecified atom stereocenters. The SMILES string of the molecule is CCCCn1c(C(=O)Nc2cc(C(F)(F)F)cc(C(F)(F)F)c2)c(C)c2ccccc21. The molecule has 1 amide bonds. The number of halogens is 6. The number of hydrogen-bond acceptors (Lipinski definition) is 1. The van der Waals surface area contributed by atoms with Crippen LogP contribution in [0.3, 0.4) is 0 Å². The Balaban J connectivity index is 2.08. The minimum atomic E-state index is -4.99. The summed E-state index contributed by atoms with van der Waals surface area (Å²) in [6.45, 7) is 4.16. The van der Waals surface area contributed by atoms with Gasteiger partial charge in [0, 0.05) is 23.1 Å². The molecule has 3 rings (SSSR count). The number of carbonyl (C=O) groups excluding carboxylic acids is 1. The average molecular weight is 442 g/mol. The largest absolute Gasteiger partial charge is 0.416 e. The molecule has 166 valence electrons. The van der Waals surface area contributed by atoms with Gasteiger partial charge < -0.3 is 9.88 Å². The van der Waals surface area contributed by atoms with E-state index >= 15 is 0 Å². The third-order valence-electron chi connectivity index (χ3n) is 5.02. The standard InChI is InChI=1S/C22H20F6N2O/c1-3-4-9-30-18-8-6-5-7-17(18)13(2)19(30)20(31)29-16-11-14(21(23,24)25)10-15(12-16)22(26,27)28/h5-8,10-12H,3-4,9H2,1-2H3,(H,29,31). The first-order valence-electron chi connectivity index (χ1n) is 9.62. The smallest absolute Gasteiger partial charge is 0.336 e. The molecule has 9 heteroatoms. The number of rotatable bonds is 5. The van der Waals surface area contributed by atoms with E-state index in [0.717, 1.165) is 23.7 Å². The fourth-order valence-corrected chi connectivity index (χ4v) is 3.54. The number of alkyl halides is 6. The second-order valence-corrected chi connectivity index (χ2v) is 7.24. The molecule has 3 nitrogen and oxygen atoms in total. The van der Waals surface area contributed by atoms with E-state index in [1.165, 1.54) is 0 Å². The number of para-hydroxylation sites is 1. The van der Waals surface area contributed by atoms with Crippen molar-refractivity contribution in [2.24, 2.45) is 0 Å². The Morgan fingerprint density at radius 3 is 2.10 bits per heavy atom. The number of nitrogens with zero attached hydrogens (tertiary/aromatic N) is 1. The molecule has 0 aliphatic heterocycles. The van der Waals surface area contributed by atoms with Crippen LogP contribution in [0.1, 0.15) is 46.9 Å². The first-order valence-corrected chi connectivity index (χ1v) is 9.62. The van der Waals surface area contributed by atoms with Crippen molar-refractivity contribution in [1.29, 1.82) is 0 Å². The molecule has 0 radical (unpaired) electrons. The Morgan fingerprint density at radius 1 is 0.968 bits per heavy atom. The second kappa shape index (κ2) is 8.28. The maximum absolute atomic E-state index is 13.1. The first kappa shape index (κ1) is 22.7. The fourth-order valence-electron chi connectivity index (χ4n) is 3.54. The Labute approximate surface area is 174 Å². The fraction of sp³-hybridized carbons (Fsp3) is 0.318. The van der Waals surface area contributed by atoms with Crippen LogP contribution < -0.4 is 5.32 Å². The summed E-state index contributed by atoms with van der Waals surface area (Å²) < 4.78 is 80.5. The van der Waals surface area contributed by atoms with Crippen molar-refractivity contribution in [2.75, 3.05) is 5.32 Å². The van der Waals surface area contributed by atoms with E-state index in [9.17, 15) is 31.1 Å². The summed E-state index contributed by atoms with van der Waals surface area (Å²) in [5.74, 6) is -0.766. The third kappa shape index (κ3) is 4.70. The molecule has 2 aromatic carbocycles. The Kier molecular flexibility index (Phi) is 6.07. The van der Waals surface area contributed by atoms with E-state index in [1.807, 2.05) is 19.1 Å². The number of aromatic nitrogens is 1. The molecule has 0 aliphatic carbocycles. The van der Waals surface area contributed by atoms with Gasteiger partial charge in [-0.05, 0) is 43.2 Å². The van der Waals surface area contributed by atoms with Crippen molar-refractivity contribution in [1.82, 2.24) is 4.57 Å². The zero-order valence-electron chi connectivity index (χ0n) is 16.8. The molecule has 0 saturated heterocycles. The minimum Gasteiger partial charge on any atom is -0.336 e. The summed E-state index contributed by atoms with van der Waals surface area (Å²) in [5, 5.41) is 3.04. The van der Waals surface area contributed by atoms with Gasteiger partial charge in [0.05, 0.1) is 11.1 Å². The van der Waals surface area contributed by atoms with Gasteiger partial charge in [0.15, 0.2) is 0 Å². The maximum Gasteiger partial charge on any atom is 0.416 e. The molecule has 0 aliphatic rings. The highest BCUT2D eigenvalue weighted by atomic mass is 19.4. The lowest BCUT2D eigenvalue weighted by Gasteiger charge is -2.16. The van der Waals surface area contributed by atoms with Gasteiger partial charge in [0.1, 0.15) is 5.69 Å². The number of unbranched alkanes of at least 4 members (excludes halogenated alkanes) is 1. The lowest BCUT2D eigenvalue weighted by Crippen LogP contribution is -2.20. The van der Waals surface area contributed by atoms with Crippen LogP contribution >= 0.6 is 0 Å². The summed E-state index contributed by atoms with van der Waals surface area (Å²) in [5.41, 5.74) is -1.95. The average Bonchev–Trinajstić information content (AvgIpc) is 2.97. The number of hydrogen-bond donors (Lipinski definition) is 1. The Bertz CT molecular complexity index is 1080. The zero-order chi connectivity index (χ0) is 23.0. The zero-order valence-corrected chi connectivity index (χ0v) is 16.8. The minimum absolute atomic E-state index is 0.0269. The highest BCUT2D eigenvalue weighted by Crippen LogP contribution is 2.38. The molecule has 0 spiro atoms. The van der Waals surface area contributed by atoms with Crippen molar-refractivity contribution in [3.05, 3.63) is 64.8 Å². The molecule has 1 N–H and O–H groups in total. The Morgan fingerprint density at radius 2 is 1.55 bits per heavy atom. The molecular weight excluding hydrogens is 422 g/mol. The van der Waals surface area contributed by atoms with Crippen molar-refractivity contribution in [3.63, 3.8) is 0 Å². The van der Waals surface area contributed by atoms with Gasteiger partial charge in [-0.1, -0.05) is 31.5 Å². The van der Waals surface area contributed by atoms with E-state index in [2.05, 4.69) is 5.32 Å². The predicted molar refractivity (Wildman–Crippen MR) is 106 cm³/mol. The lowest BCUT2D eigenvalue weighted by atomic mass is 10.1. The number of aryl methyl sites for hydroxylation is 2. The lowest BCUT2D eigenvalue weighted by molar-refractivity contribution is -0.143. The number of anilines is 1. The van der Waals surface area contributed by atoms with E-state index in [-0.39, 0.29) is 11.8 Å². The number of amides is 1. The van der Waals surface area contributed by atoms with Crippen molar-refractivity contribution in [3.8, 4) is 0 Å². The number of nitrogens with one attached hydrogen (secondary N) is 1. The van der Waals surface area contributed by atoms with Gasteiger partial charge in [-0.3, -0.25) is 4.79 Å². The molecule has 0 bridgehead atoms. The normalized spacial score (nSPS) is 12.4. The van der Waals surface area contributed by atoms with E-state index < -0.39 is 35.1 Å². The van der Waals surface area contributed by atoms with Crippen LogP contribution in [0.15, 0.2) is 42.5 Å². The molecule has 0 atom stereocenters. The molecule has 31 heavy (non-hydrogen) atoms. The summed E-state index contributed by atoms with van der Waals surface area (Å²) in [7, 11) is 0. The van der Waals surface area contributed by atoms with Gasteiger partial charge in [-0.2, -0.15) is 26.3 Å². The molecule has 1 heterocycles. The number of fused-ring (bicyclic) bond motifs is 1.